The van der Waals surface area contributed by atoms with E-state index in [1.54, 1.807) is 14.2 Å². The second-order valence-corrected chi connectivity index (χ2v) is 6.95. The Morgan fingerprint density at radius 1 is 1.11 bits per heavy atom. The van der Waals surface area contributed by atoms with Gasteiger partial charge in [0.25, 0.3) is 0 Å². The minimum absolute atomic E-state index is 0.331. The van der Waals surface area contributed by atoms with Crippen molar-refractivity contribution in [3.8, 4) is 16.9 Å². The first-order valence-corrected chi connectivity index (χ1v) is 9.40. The lowest BCUT2D eigenvalue weighted by molar-refractivity contribution is 0.185. The van der Waals surface area contributed by atoms with Gasteiger partial charge in [0.2, 0.25) is 0 Å². The van der Waals surface area contributed by atoms with Gasteiger partial charge in [0.1, 0.15) is 11.3 Å². The highest BCUT2D eigenvalue weighted by Crippen LogP contribution is 2.36. The summed E-state index contributed by atoms with van der Waals surface area (Å²) < 4.78 is 12.7. The van der Waals surface area contributed by atoms with Gasteiger partial charge in [-0.15, -0.1) is 0 Å². The first-order valence-electron chi connectivity index (χ1n) is 9.40. The minimum Gasteiger partial charge on any atom is -0.497 e. The summed E-state index contributed by atoms with van der Waals surface area (Å²) in [5, 5.41) is 6.08. The van der Waals surface area contributed by atoms with Crippen LogP contribution in [-0.2, 0) is 11.8 Å². The van der Waals surface area contributed by atoms with Crippen molar-refractivity contribution in [3.63, 3.8) is 0 Å². The number of nitrogens with two attached hydrogens (primary N) is 1. The number of hydrogen-bond acceptors (Lipinski definition) is 4. The average Bonchev–Trinajstić information content (AvgIpc) is 3.01. The fourth-order valence-electron chi connectivity index (χ4n) is 3.88. The zero-order valence-corrected chi connectivity index (χ0v) is 16.7. The summed E-state index contributed by atoms with van der Waals surface area (Å²) in [7, 11) is 5.46. The van der Waals surface area contributed by atoms with E-state index in [1.807, 2.05) is 17.8 Å². The molecule has 0 aliphatic rings. The first-order chi connectivity index (χ1) is 13.1. The fourth-order valence-corrected chi connectivity index (χ4v) is 3.88. The zero-order valence-electron chi connectivity index (χ0n) is 16.7. The second-order valence-electron chi connectivity index (χ2n) is 6.95. The van der Waals surface area contributed by atoms with Crippen LogP contribution in [0.1, 0.15) is 30.0 Å². The van der Waals surface area contributed by atoms with E-state index in [2.05, 4.69) is 37.3 Å². The number of aromatic nitrogens is 2. The summed E-state index contributed by atoms with van der Waals surface area (Å²) in [6, 6.07) is 12.6. The molecular formula is C22H29N3O2. The van der Waals surface area contributed by atoms with Crippen molar-refractivity contribution in [1.82, 2.24) is 9.78 Å². The molecule has 1 unspecified atom stereocenters. The van der Waals surface area contributed by atoms with Crippen LogP contribution in [0.5, 0.6) is 5.75 Å². The Balaban J connectivity index is 2.13. The van der Waals surface area contributed by atoms with Crippen LogP contribution in [0, 0.1) is 6.92 Å². The maximum Gasteiger partial charge on any atom is 0.119 e. The molecule has 5 nitrogen and oxygen atoms in total. The molecular weight excluding hydrogens is 338 g/mol. The molecule has 0 amide bonds. The van der Waals surface area contributed by atoms with E-state index in [-0.39, 0.29) is 0 Å². The summed E-state index contributed by atoms with van der Waals surface area (Å²) in [6.07, 6.45) is 1.86. The third kappa shape index (κ3) is 3.84. The highest BCUT2D eigenvalue weighted by atomic mass is 16.5. The van der Waals surface area contributed by atoms with Crippen molar-refractivity contribution in [3.05, 3.63) is 47.7 Å². The molecule has 3 rings (SSSR count). The van der Waals surface area contributed by atoms with E-state index in [0.717, 1.165) is 29.7 Å². The van der Waals surface area contributed by atoms with Crippen molar-refractivity contribution < 1.29 is 9.47 Å². The molecule has 0 aliphatic carbocycles. The van der Waals surface area contributed by atoms with Crippen LogP contribution < -0.4 is 10.5 Å². The SMILES string of the molecule is COCCC(CCN)c1c2cccc(-c3ccc(OC)cc3C)c2nn1C. The third-order valence-corrected chi connectivity index (χ3v) is 5.21. The lowest BCUT2D eigenvalue weighted by Crippen LogP contribution is -2.13. The van der Waals surface area contributed by atoms with Gasteiger partial charge in [-0.2, -0.15) is 5.10 Å². The molecule has 27 heavy (non-hydrogen) atoms. The number of methoxy groups -OCH3 is 2. The second kappa shape index (κ2) is 8.55. The van der Waals surface area contributed by atoms with Crippen molar-refractivity contribution in [2.75, 3.05) is 27.4 Å². The lowest BCUT2D eigenvalue weighted by Gasteiger charge is -2.17. The topological polar surface area (TPSA) is 62.3 Å². The normalized spacial score (nSPS) is 12.5. The predicted molar refractivity (Wildman–Crippen MR) is 110 cm³/mol. The Hall–Kier alpha value is -2.37. The van der Waals surface area contributed by atoms with Crippen LogP contribution in [0.25, 0.3) is 22.0 Å². The number of nitrogens with zero attached hydrogens (tertiary/aromatic N) is 2. The molecule has 5 heteroatoms. The quantitative estimate of drug-likeness (QED) is 0.653. The molecule has 1 atom stereocenters. The fraction of sp³-hybridized carbons (Fsp3) is 0.409. The number of benzene rings is 2. The van der Waals surface area contributed by atoms with Crippen LogP contribution in [0.15, 0.2) is 36.4 Å². The third-order valence-electron chi connectivity index (χ3n) is 5.21. The van der Waals surface area contributed by atoms with Gasteiger partial charge in [-0.05, 0) is 49.6 Å². The van der Waals surface area contributed by atoms with E-state index in [0.29, 0.717) is 19.1 Å². The van der Waals surface area contributed by atoms with Crippen molar-refractivity contribution in [2.45, 2.75) is 25.7 Å². The maximum atomic E-state index is 5.89. The number of fused-ring (bicyclic) bond motifs is 1. The van der Waals surface area contributed by atoms with Gasteiger partial charge in [0.15, 0.2) is 0 Å². The molecule has 0 spiro atoms. The molecule has 1 aromatic heterocycles. The van der Waals surface area contributed by atoms with Crippen LogP contribution >= 0.6 is 0 Å². The molecule has 0 bridgehead atoms. The zero-order chi connectivity index (χ0) is 19.4. The van der Waals surface area contributed by atoms with Crippen molar-refractivity contribution in [1.29, 1.82) is 0 Å². The maximum absolute atomic E-state index is 5.89. The van der Waals surface area contributed by atoms with Gasteiger partial charge < -0.3 is 15.2 Å². The molecule has 0 saturated heterocycles. The molecule has 2 aromatic carbocycles. The molecule has 144 valence electrons. The highest BCUT2D eigenvalue weighted by Gasteiger charge is 2.21. The first kappa shape index (κ1) is 19.4. The summed E-state index contributed by atoms with van der Waals surface area (Å²) in [5.41, 5.74) is 11.7. The van der Waals surface area contributed by atoms with Gasteiger partial charge >= 0.3 is 0 Å². The molecule has 0 saturated carbocycles. The summed E-state index contributed by atoms with van der Waals surface area (Å²) in [5.74, 6) is 1.20. The molecule has 3 aromatic rings. The Bertz CT molecular complexity index is 917. The molecule has 0 fully saturated rings. The number of rotatable bonds is 8. The molecule has 2 N–H and O–H groups in total. The van der Waals surface area contributed by atoms with Gasteiger partial charge in [0.05, 0.1) is 7.11 Å². The predicted octanol–water partition coefficient (Wildman–Crippen LogP) is 4.03. The highest BCUT2D eigenvalue weighted by molar-refractivity contribution is 5.96. The van der Waals surface area contributed by atoms with E-state index in [9.17, 15) is 0 Å². The van der Waals surface area contributed by atoms with Gasteiger partial charge in [-0.1, -0.05) is 24.3 Å². The van der Waals surface area contributed by atoms with Crippen LogP contribution in [0.4, 0.5) is 0 Å². The van der Waals surface area contributed by atoms with Crippen molar-refractivity contribution >= 4 is 10.9 Å². The van der Waals surface area contributed by atoms with Gasteiger partial charge in [-0.3, -0.25) is 4.68 Å². The summed E-state index contributed by atoms with van der Waals surface area (Å²) in [6.45, 7) is 3.48. The minimum atomic E-state index is 0.331. The summed E-state index contributed by atoms with van der Waals surface area (Å²) >= 11 is 0. The van der Waals surface area contributed by atoms with E-state index in [1.165, 1.54) is 22.2 Å². The van der Waals surface area contributed by atoms with Crippen LogP contribution in [0.2, 0.25) is 0 Å². The van der Waals surface area contributed by atoms with E-state index < -0.39 is 0 Å². The Labute approximate surface area is 161 Å². The van der Waals surface area contributed by atoms with Crippen LogP contribution in [-0.4, -0.2) is 37.2 Å². The van der Waals surface area contributed by atoms with Gasteiger partial charge in [-0.25, -0.2) is 0 Å². The summed E-state index contributed by atoms with van der Waals surface area (Å²) in [4.78, 5) is 0. The largest absolute Gasteiger partial charge is 0.497 e. The van der Waals surface area contributed by atoms with E-state index in [4.69, 9.17) is 20.3 Å². The lowest BCUT2D eigenvalue weighted by atomic mass is 9.92. The number of ether oxygens (including phenoxy) is 2. The molecule has 0 radical (unpaired) electrons. The molecule has 0 aliphatic heterocycles. The molecule has 1 heterocycles. The van der Waals surface area contributed by atoms with E-state index >= 15 is 0 Å². The average molecular weight is 367 g/mol. The van der Waals surface area contributed by atoms with Crippen LogP contribution in [0.3, 0.4) is 0 Å². The van der Waals surface area contributed by atoms with Crippen molar-refractivity contribution in [2.24, 2.45) is 12.8 Å². The Kier molecular flexibility index (Phi) is 6.14. The van der Waals surface area contributed by atoms with Gasteiger partial charge in [0, 0.05) is 43.3 Å². The Morgan fingerprint density at radius 2 is 1.93 bits per heavy atom. The Morgan fingerprint density at radius 3 is 2.59 bits per heavy atom. The monoisotopic (exact) mass is 367 g/mol. The number of hydrogen-bond donors (Lipinski definition) is 1. The standard InChI is InChI=1S/C22H29N3O2/c1-15-14-17(27-4)8-9-18(15)19-6-5-7-20-21(19)24-25(2)22(20)16(10-12-23)11-13-26-3/h5-9,14,16H,10-13,23H2,1-4H3. The number of aryl methyl sites for hydroxylation is 2. The smallest absolute Gasteiger partial charge is 0.119 e.